The molecule has 0 heterocycles. The fraction of sp³-hybridized carbons (Fsp3) is 0.200. The number of hydrogen-bond acceptors (Lipinski definition) is 3. The third-order valence-corrected chi connectivity index (χ3v) is 1.90. The molecule has 1 aromatic carbocycles. The van der Waals surface area contributed by atoms with E-state index in [1.165, 1.54) is 7.11 Å². The van der Waals surface area contributed by atoms with Gasteiger partial charge >= 0.3 is 0 Å². The van der Waals surface area contributed by atoms with E-state index < -0.39 is 5.24 Å². The number of ether oxygens (including phenoxy) is 1. The Kier molecular flexibility index (Phi) is 3.49. The number of halogens is 1. The quantitative estimate of drug-likeness (QED) is 0.715. The summed E-state index contributed by atoms with van der Waals surface area (Å²) >= 11 is 5.24. The monoisotopic (exact) mass is 209 g/mol. The van der Waals surface area contributed by atoms with Crippen molar-refractivity contribution in [3.8, 4) is 11.8 Å². The van der Waals surface area contributed by atoms with Crippen molar-refractivity contribution in [1.29, 1.82) is 5.26 Å². The molecule has 0 fully saturated rings. The number of rotatable bonds is 3. The first-order valence-corrected chi connectivity index (χ1v) is 4.30. The lowest BCUT2D eigenvalue weighted by Crippen LogP contribution is -1.97. The van der Waals surface area contributed by atoms with Crippen LogP contribution >= 0.6 is 11.6 Å². The maximum absolute atomic E-state index is 10.7. The van der Waals surface area contributed by atoms with Gasteiger partial charge in [0.05, 0.1) is 18.7 Å². The van der Waals surface area contributed by atoms with Crippen molar-refractivity contribution in [2.24, 2.45) is 0 Å². The molecule has 0 amide bonds. The van der Waals surface area contributed by atoms with Crippen LogP contribution in [0.2, 0.25) is 0 Å². The Morgan fingerprint density at radius 2 is 2.36 bits per heavy atom. The van der Waals surface area contributed by atoms with E-state index in [2.05, 4.69) is 0 Å². The molecule has 0 aliphatic carbocycles. The molecule has 0 spiro atoms. The minimum atomic E-state index is -0.480. The molecule has 0 unspecified atom stereocenters. The second-order valence-electron chi connectivity index (χ2n) is 2.67. The van der Waals surface area contributed by atoms with Crippen LogP contribution in [-0.2, 0) is 11.2 Å². The summed E-state index contributed by atoms with van der Waals surface area (Å²) in [4.78, 5) is 10.7. The van der Waals surface area contributed by atoms with Crippen molar-refractivity contribution < 1.29 is 9.53 Å². The van der Waals surface area contributed by atoms with Crippen molar-refractivity contribution in [2.45, 2.75) is 6.42 Å². The highest BCUT2D eigenvalue weighted by molar-refractivity contribution is 6.63. The summed E-state index contributed by atoms with van der Waals surface area (Å²) in [6.45, 7) is 0. The highest BCUT2D eigenvalue weighted by Gasteiger charge is 2.06. The van der Waals surface area contributed by atoms with Gasteiger partial charge in [-0.15, -0.1) is 0 Å². The minimum absolute atomic E-state index is 0.0639. The zero-order valence-electron chi connectivity index (χ0n) is 7.58. The number of carbonyl (C=O) groups excluding carboxylic acids is 1. The predicted octanol–water partition coefficient (Wildman–Crippen LogP) is 1.87. The van der Waals surface area contributed by atoms with Gasteiger partial charge < -0.3 is 4.74 Å². The van der Waals surface area contributed by atoms with Crippen LogP contribution in [-0.4, -0.2) is 12.4 Å². The van der Waals surface area contributed by atoms with Crippen LogP contribution in [0.25, 0.3) is 0 Å². The molecule has 14 heavy (non-hydrogen) atoms. The summed E-state index contributed by atoms with van der Waals surface area (Å²) in [5.74, 6) is 0.590. The standard InChI is InChI=1S/C10H8ClNO2/c1-14-9-3-2-7(5-10(11)13)8(4-9)6-12/h2-4H,5H2,1H3. The third kappa shape index (κ3) is 2.48. The minimum Gasteiger partial charge on any atom is -0.497 e. The van der Waals surface area contributed by atoms with E-state index in [1.807, 2.05) is 6.07 Å². The van der Waals surface area contributed by atoms with Gasteiger partial charge in [-0.1, -0.05) is 6.07 Å². The first-order chi connectivity index (χ1) is 6.67. The molecular formula is C10H8ClNO2. The lowest BCUT2D eigenvalue weighted by Gasteiger charge is -2.03. The Morgan fingerprint density at radius 3 is 2.86 bits per heavy atom. The highest BCUT2D eigenvalue weighted by atomic mass is 35.5. The molecule has 0 aliphatic rings. The van der Waals surface area contributed by atoms with Crippen LogP contribution in [0.15, 0.2) is 18.2 Å². The summed E-state index contributed by atoms with van der Waals surface area (Å²) in [6, 6.07) is 6.92. The molecule has 0 aromatic heterocycles. The van der Waals surface area contributed by atoms with Crippen molar-refractivity contribution in [2.75, 3.05) is 7.11 Å². The molecule has 72 valence electrons. The molecule has 0 saturated heterocycles. The average Bonchev–Trinajstić information content (AvgIpc) is 2.17. The van der Waals surface area contributed by atoms with Crippen molar-refractivity contribution in [3.63, 3.8) is 0 Å². The SMILES string of the molecule is COc1ccc(CC(=O)Cl)c(C#N)c1. The largest absolute Gasteiger partial charge is 0.497 e. The van der Waals surface area contributed by atoms with E-state index in [4.69, 9.17) is 21.6 Å². The molecule has 0 N–H and O–H groups in total. The van der Waals surface area contributed by atoms with Crippen LogP contribution in [0.3, 0.4) is 0 Å². The molecule has 0 saturated carbocycles. The van der Waals surface area contributed by atoms with Gasteiger partial charge in [0.1, 0.15) is 5.75 Å². The number of methoxy groups -OCH3 is 1. The van der Waals surface area contributed by atoms with Crippen LogP contribution in [0.4, 0.5) is 0 Å². The molecule has 0 radical (unpaired) electrons. The maximum Gasteiger partial charge on any atom is 0.226 e. The van der Waals surface area contributed by atoms with E-state index in [-0.39, 0.29) is 6.42 Å². The Labute approximate surface area is 86.9 Å². The number of nitrogens with zero attached hydrogens (tertiary/aromatic N) is 1. The van der Waals surface area contributed by atoms with Gasteiger partial charge in [0.2, 0.25) is 5.24 Å². The van der Waals surface area contributed by atoms with E-state index in [0.29, 0.717) is 16.9 Å². The zero-order chi connectivity index (χ0) is 10.6. The van der Waals surface area contributed by atoms with Crippen LogP contribution in [0.1, 0.15) is 11.1 Å². The van der Waals surface area contributed by atoms with E-state index >= 15 is 0 Å². The number of carbonyl (C=O) groups is 1. The van der Waals surface area contributed by atoms with Gasteiger partial charge in [-0.25, -0.2) is 0 Å². The fourth-order valence-electron chi connectivity index (χ4n) is 1.09. The summed E-state index contributed by atoms with van der Waals surface area (Å²) < 4.78 is 4.95. The molecule has 0 atom stereocenters. The fourth-order valence-corrected chi connectivity index (χ4v) is 1.23. The van der Waals surface area contributed by atoms with Crippen LogP contribution < -0.4 is 4.74 Å². The van der Waals surface area contributed by atoms with Gasteiger partial charge in [0.25, 0.3) is 0 Å². The smallest absolute Gasteiger partial charge is 0.226 e. The summed E-state index contributed by atoms with van der Waals surface area (Å²) in [5.41, 5.74) is 1.03. The Hall–Kier alpha value is -1.53. The van der Waals surface area contributed by atoms with Crippen molar-refractivity contribution in [1.82, 2.24) is 0 Å². The molecular weight excluding hydrogens is 202 g/mol. The number of nitriles is 1. The first-order valence-electron chi connectivity index (χ1n) is 3.92. The van der Waals surface area contributed by atoms with Crippen LogP contribution in [0, 0.1) is 11.3 Å². The van der Waals surface area contributed by atoms with E-state index in [9.17, 15) is 4.79 Å². The van der Waals surface area contributed by atoms with Gasteiger partial charge in [-0.3, -0.25) is 4.79 Å². The van der Waals surface area contributed by atoms with Gasteiger partial charge in [-0.05, 0) is 29.3 Å². The topological polar surface area (TPSA) is 50.1 Å². The molecule has 1 aromatic rings. The number of benzene rings is 1. The molecule has 0 bridgehead atoms. The third-order valence-electron chi connectivity index (χ3n) is 1.77. The Bertz CT molecular complexity index is 396. The molecule has 1 rings (SSSR count). The van der Waals surface area contributed by atoms with Gasteiger partial charge in [0.15, 0.2) is 0 Å². The van der Waals surface area contributed by atoms with E-state index in [1.54, 1.807) is 18.2 Å². The van der Waals surface area contributed by atoms with Gasteiger partial charge in [0, 0.05) is 6.42 Å². The maximum atomic E-state index is 10.7. The summed E-state index contributed by atoms with van der Waals surface area (Å²) in [5, 5.41) is 8.31. The lowest BCUT2D eigenvalue weighted by molar-refractivity contribution is -0.111. The van der Waals surface area contributed by atoms with Gasteiger partial charge in [-0.2, -0.15) is 5.26 Å². The summed E-state index contributed by atoms with van der Waals surface area (Å²) in [6.07, 6.45) is 0.0639. The second kappa shape index (κ2) is 4.64. The zero-order valence-corrected chi connectivity index (χ0v) is 8.34. The van der Waals surface area contributed by atoms with E-state index in [0.717, 1.165) is 0 Å². The van der Waals surface area contributed by atoms with Crippen molar-refractivity contribution in [3.05, 3.63) is 29.3 Å². The molecule has 4 heteroatoms. The second-order valence-corrected chi connectivity index (χ2v) is 3.09. The first kappa shape index (κ1) is 10.6. The number of hydrogen-bond donors (Lipinski definition) is 0. The predicted molar refractivity (Wildman–Crippen MR) is 52.3 cm³/mol. The molecule has 0 aliphatic heterocycles. The normalized spacial score (nSPS) is 9.21. The average molecular weight is 210 g/mol. The summed E-state index contributed by atoms with van der Waals surface area (Å²) in [7, 11) is 1.52. The molecule has 3 nitrogen and oxygen atoms in total. The Morgan fingerprint density at radius 1 is 1.64 bits per heavy atom. The highest BCUT2D eigenvalue weighted by Crippen LogP contribution is 2.17. The van der Waals surface area contributed by atoms with Crippen LogP contribution in [0.5, 0.6) is 5.75 Å². The van der Waals surface area contributed by atoms with Crippen molar-refractivity contribution >= 4 is 16.8 Å². The lowest BCUT2D eigenvalue weighted by atomic mass is 10.1. The Balaban J connectivity index is 3.07.